The third-order valence-corrected chi connectivity index (χ3v) is 3.57. The van der Waals surface area contributed by atoms with Gasteiger partial charge in [-0.1, -0.05) is 0 Å². The molecule has 0 aliphatic carbocycles. The fourth-order valence-corrected chi connectivity index (χ4v) is 1.27. The first-order chi connectivity index (χ1) is 8.00. The molecule has 0 amide bonds. The molecule has 1 aromatic rings. The minimum atomic E-state index is 0.125. The van der Waals surface area contributed by atoms with Crippen LogP contribution in [0.2, 0.25) is 0 Å². The first-order valence-electron chi connectivity index (χ1n) is 5.27. The first kappa shape index (κ1) is 13.9. The van der Waals surface area contributed by atoms with Gasteiger partial charge in [0.2, 0.25) is 17.7 Å². The highest BCUT2D eigenvalue weighted by atomic mass is 32.2. The van der Waals surface area contributed by atoms with Crippen LogP contribution in [-0.2, 0) is 0 Å². The predicted octanol–water partition coefficient (Wildman–Crippen LogP) is 2.05. The molecule has 1 N–H and O–H groups in total. The number of methoxy groups -OCH3 is 2. The highest BCUT2D eigenvalue weighted by molar-refractivity contribution is 7.99. The molecule has 17 heavy (non-hydrogen) atoms. The van der Waals surface area contributed by atoms with Crippen molar-refractivity contribution < 1.29 is 9.47 Å². The van der Waals surface area contributed by atoms with E-state index >= 15 is 0 Å². The maximum atomic E-state index is 5.08. The third kappa shape index (κ3) is 4.30. The van der Waals surface area contributed by atoms with Gasteiger partial charge in [-0.15, -0.1) is 0 Å². The molecule has 0 atom stereocenters. The zero-order chi connectivity index (χ0) is 12.9. The van der Waals surface area contributed by atoms with Crippen LogP contribution in [0, 0.1) is 0 Å². The molecular formula is C11H19N3O2S. The van der Waals surface area contributed by atoms with Gasteiger partial charge >= 0.3 is 0 Å². The van der Waals surface area contributed by atoms with Gasteiger partial charge in [-0.3, -0.25) is 0 Å². The van der Waals surface area contributed by atoms with Crippen molar-refractivity contribution in [1.82, 2.24) is 9.97 Å². The Balaban J connectivity index is 2.76. The van der Waals surface area contributed by atoms with E-state index in [4.69, 9.17) is 9.47 Å². The highest BCUT2D eigenvalue weighted by Crippen LogP contribution is 2.22. The largest absolute Gasteiger partial charge is 0.481 e. The lowest BCUT2D eigenvalue weighted by Gasteiger charge is -2.22. The van der Waals surface area contributed by atoms with Crippen molar-refractivity contribution in [3.8, 4) is 11.8 Å². The molecule has 0 aliphatic heterocycles. The maximum absolute atomic E-state index is 5.08. The molecule has 0 saturated carbocycles. The van der Waals surface area contributed by atoms with E-state index < -0.39 is 0 Å². The van der Waals surface area contributed by atoms with Crippen LogP contribution in [-0.4, -0.2) is 41.7 Å². The lowest BCUT2D eigenvalue weighted by atomic mass is 10.2. The van der Waals surface area contributed by atoms with Gasteiger partial charge in [0.05, 0.1) is 20.3 Å². The second kappa shape index (κ2) is 5.95. The highest BCUT2D eigenvalue weighted by Gasteiger charge is 2.16. The molecule has 0 bridgehead atoms. The fourth-order valence-electron chi connectivity index (χ4n) is 1.06. The number of thioether (sulfide) groups is 1. The molecule has 1 rings (SSSR count). The van der Waals surface area contributed by atoms with Gasteiger partial charge in [-0.25, -0.2) is 0 Å². The number of nitrogens with one attached hydrogen (secondary N) is 1. The Bertz CT molecular complexity index is 349. The van der Waals surface area contributed by atoms with Gasteiger partial charge in [-0.05, 0) is 20.1 Å². The number of rotatable bonds is 6. The average Bonchev–Trinajstić information content (AvgIpc) is 2.36. The van der Waals surface area contributed by atoms with Crippen molar-refractivity contribution in [3.05, 3.63) is 6.07 Å². The summed E-state index contributed by atoms with van der Waals surface area (Å²) in [7, 11) is 3.13. The Morgan fingerprint density at radius 2 is 1.76 bits per heavy atom. The summed E-state index contributed by atoms with van der Waals surface area (Å²) in [5, 5.41) is 3.18. The Hall–Kier alpha value is -1.17. The molecule has 1 aromatic heterocycles. The first-order valence-corrected chi connectivity index (χ1v) is 6.49. The molecule has 0 unspecified atom stereocenters. The van der Waals surface area contributed by atoms with Gasteiger partial charge in [0.1, 0.15) is 0 Å². The summed E-state index contributed by atoms with van der Waals surface area (Å²) in [6.07, 6.45) is 2.08. The van der Waals surface area contributed by atoms with Gasteiger partial charge < -0.3 is 14.8 Å². The summed E-state index contributed by atoms with van der Waals surface area (Å²) < 4.78 is 10.3. The zero-order valence-corrected chi connectivity index (χ0v) is 11.7. The summed E-state index contributed by atoms with van der Waals surface area (Å²) in [6, 6.07) is 1.64. The molecule has 1 heterocycles. The molecule has 6 heteroatoms. The Morgan fingerprint density at radius 3 is 2.18 bits per heavy atom. The van der Waals surface area contributed by atoms with E-state index in [0.717, 1.165) is 6.54 Å². The minimum absolute atomic E-state index is 0.125. The van der Waals surface area contributed by atoms with Crippen LogP contribution in [0.25, 0.3) is 0 Å². The number of hydrogen-bond acceptors (Lipinski definition) is 6. The van der Waals surface area contributed by atoms with E-state index in [2.05, 4.69) is 35.4 Å². The number of ether oxygens (including phenoxy) is 2. The molecule has 0 radical (unpaired) electrons. The van der Waals surface area contributed by atoms with Gasteiger partial charge in [0.25, 0.3) is 0 Å². The summed E-state index contributed by atoms with van der Waals surface area (Å²) in [4.78, 5) is 8.41. The van der Waals surface area contributed by atoms with Crippen molar-refractivity contribution in [3.63, 3.8) is 0 Å². The van der Waals surface area contributed by atoms with Crippen LogP contribution >= 0.6 is 11.8 Å². The summed E-state index contributed by atoms with van der Waals surface area (Å²) in [5.74, 6) is 1.49. The van der Waals surface area contributed by atoms with Gasteiger partial charge in [0.15, 0.2) is 0 Å². The van der Waals surface area contributed by atoms with E-state index in [1.165, 1.54) is 0 Å². The van der Waals surface area contributed by atoms with Crippen LogP contribution in [0.5, 0.6) is 11.8 Å². The van der Waals surface area contributed by atoms with Crippen molar-refractivity contribution in [1.29, 1.82) is 0 Å². The molecule has 0 spiro atoms. The van der Waals surface area contributed by atoms with E-state index in [0.29, 0.717) is 17.7 Å². The molecule has 0 aromatic carbocycles. The van der Waals surface area contributed by atoms with Crippen LogP contribution in [0.15, 0.2) is 6.07 Å². The molecule has 0 fully saturated rings. The lowest BCUT2D eigenvalue weighted by Crippen LogP contribution is -2.26. The smallest absolute Gasteiger partial charge is 0.229 e. The van der Waals surface area contributed by atoms with Gasteiger partial charge in [-0.2, -0.15) is 21.7 Å². The molecule has 5 nitrogen and oxygen atoms in total. The Labute approximate surface area is 106 Å². The Morgan fingerprint density at radius 1 is 1.24 bits per heavy atom. The normalized spacial score (nSPS) is 11.1. The number of hydrogen-bond donors (Lipinski definition) is 1. The second-order valence-electron chi connectivity index (χ2n) is 4.09. The van der Waals surface area contributed by atoms with E-state index in [1.807, 2.05) is 0 Å². The molecule has 0 aliphatic rings. The number of anilines is 1. The summed E-state index contributed by atoms with van der Waals surface area (Å²) in [6.45, 7) is 5.08. The van der Waals surface area contributed by atoms with E-state index in [1.54, 1.807) is 32.0 Å². The minimum Gasteiger partial charge on any atom is -0.481 e. The molecule has 96 valence electrons. The maximum Gasteiger partial charge on any atom is 0.229 e. The van der Waals surface area contributed by atoms with Crippen molar-refractivity contribution in [2.24, 2.45) is 0 Å². The van der Waals surface area contributed by atoms with Gasteiger partial charge in [0, 0.05) is 11.3 Å². The molecular weight excluding hydrogens is 238 g/mol. The lowest BCUT2D eigenvalue weighted by molar-refractivity contribution is 0.372. The SMILES string of the molecule is COc1cc(OC)nc(NCC(C)(C)SC)n1. The zero-order valence-electron chi connectivity index (χ0n) is 10.9. The third-order valence-electron chi connectivity index (χ3n) is 2.32. The van der Waals surface area contributed by atoms with Crippen LogP contribution in [0.1, 0.15) is 13.8 Å². The number of nitrogens with zero attached hydrogens (tertiary/aromatic N) is 2. The standard InChI is InChI=1S/C11H19N3O2S/c1-11(2,17-5)7-12-10-13-8(15-3)6-9(14-10)16-4/h6H,7H2,1-5H3,(H,12,13,14). The predicted molar refractivity (Wildman–Crippen MR) is 71.2 cm³/mol. The quantitative estimate of drug-likeness (QED) is 0.841. The monoisotopic (exact) mass is 257 g/mol. The number of aromatic nitrogens is 2. The topological polar surface area (TPSA) is 56.3 Å². The summed E-state index contributed by atoms with van der Waals surface area (Å²) in [5.41, 5.74) is 0. The van der Waals surface area contributed by atoms with Crippen LogP contribution < -0.4 is 14.8 Å². The van der Waals surface area contributed by atoms with Crippen LogP contribution in [0.4, 0.5) is 5.95 Å². The Kier molecular flexibility index (Phi) is 4.86. The van der Waals surface area contributed by atoms with Crippen molar-refractivity contribution >= 4 is 17.7 Å². The van der Waals surface area contributed by atoms with E-state index in [-0.39, 0.29) is 4.75 Å². The van der Waals surface area contributed by atoms with Crippen molar-refractivity contribution in [2.45, 2.75) is 18.6 Å². The fraction of sp³-hybridized carbons (Fsp3) is 0.636. The summed E-state index contributed by atoms with van der Waals surface area (Å²) >= 11 is 1.79. The van der Waals surface area contributed by atoms with E-state index in [9.17, 15) is 0 Å². The second-order valence-corrected chi connectivity index (χ2v) is 5.61. The van der Waals surface area contributed by atoms with Crippen LogP contribution in [0.3, 0.4) is 0 Å². The molecule has 0 saturated heterocycles. The van der Waals surface area contributed by atoms with Crippen molar-refractivity contribution in [2.75, 3.05) is 32.3 Å². The average molecular weight is 257 g/mol.